The summed E-state index contributed by atoms with van der Waals surface area (Å²) in [6.07, 6.45) is 11.0. The van der Waals surface area contributed by atoms with Crippen molar-refractivity contribution >= 4 is 15.9 Å². The molecule has 1 unspecified atom stereocenters. The Balaban J connectivity index is 2.20. The minimum absolute atomic E-state index is 0.148. The van der Waals surface area contributed by atoms with Crippen molar-refractivity contribution in [1.82, 2.24) is 15.3 Å². The highest BCUT2D eigenvalue weighted by Gasteiger charge is 2.41. The lowest BCUT2D eigenvalue weighted by Crippen LogP contribution is -2.62. The van der Waals surface area contributed by atoms with Crippen LogP contribution in [-0.4, -0.2) is 35.6 Å². The van der Waals surface area contributed by atoms with Gasteiger partial charge in [-0.1, -0.05) is 19.3 Å². The fraction of sp³-hybridized carbons (Fsp3) is 0.667. The van der Waals surface area contributed by atoms with E-state index in [1.807, 2.05) is 12.4 Å². The minimum atomic E-state index is 0.148. The van der Waals surface area contributed by atoms with Crippen molar-refractivity contribution in [3.05, 3.63) is 28.5 Å². The third kappa shape index (κ3) is 3.39. The average Bonchev–Trinajstić information content (AvgIpc) is 2.45. The maximum Gasteiger partial charge on any atom is 0.0435 e. The molecule has 0 aliphatic heterocycles. The van der Waals surface area contributed by atoms with E-state index in [0.29, 0.717) is 0 Å². The summed E-state index contributed by atoms with van der Waals surface area (Å²) in [6, 6.07) is 2.37. The maximum atomic E-state index is 5.90. The van der Waals surface area contributed by atoms with Gasteiger partial charge in [-0.3, -0.25) is 16.3 Å². The number of hydrogen-bond acceptors (Lipinski definition) is 4. The number of hydrogen-bond donors (Lipinski definition) is 2. The lowest BCUT2D eigenvalue weighted by atomic mass is 9.74. The number of likely N-dealkylation sites (N-methyl/N-ethyl adjacent to an activating group) is 1. The Bertz CT molecular complexity index is 430. The van der Waals surface area contributed by atoms with E-state index >= 15 is 0 Å². The molecule has 112 valence electrons. The lowest BCUT2D eigenvalue weighted by molar-refractivity contribution is 0.0568. The van der Waals surface area contributed by atoms with Crippen LogP contribution in [0, 0.1) is 0 Å². The highest BCUT2D eigenvalue weighted by atomic mass is 79.9. The molecule has 0 radical (unpaired) electrons. The van der Waals surface area contributed by atoms with Crippen molar-refractivity contribution < 1.29 is 0 Å². The van der Waals surface area contributed by atoms with Gasteiger partial charge in [0.05, 0.1) is 0 Å². The molecule has 0 amide bonds. The molecular formula is C15H25BrN4. The highest BCUT2D eigenvalue weighted by molar-refractivity contribution is 9.10. The van der Waals surface area contributed by atoms with Gasteiger partial charge in [-0.25, -0.2) is 0 Å². The van der Waals surface area contributed by atoms with Gasteiger partial charge in [0.25, 0.3) is 0 Å². The van der Waals surface area contributed by atoms with E-state index in [1.165, 1.54) is 37.7 Å². The predicted octanol–water partition coefficient (Wildman–Crippen LogP) is 2.48. The van der Waals surface area contributed by atoms with Crippen LogP contribution in [-0.2, 0) is 6.42 Å². The smallest absolute Gasteiger partial charge is 0.0435 e. The van der Waals surface area contributed by atoms with Crippen LogP contribution < -0.4 is 11.3 Å². The first-order valence-electron chi connectivity index (χ1n) is 7.31. The summed E-state index contributed by atoms with van der Waals surface area (Å²) in [5.74, 6) is 5.90. The largest absolute Gasteiger partial charge is 0.302 e. The summed E-state index contributed by atoms with van der Waals surface area (Å²) >= 11 is 3.49. The van der Waals surface area contributed by atoms with Gasteiger partial charge < -0.3 is 4.90 Å². The first-order valence-corrected chi connectivity index (χ1v) is 8.11. The van der Waals surface area contributed by atoms with Crippen LogP contribution in [0.1, 0.15) is 37.7 Å². The summed E-state index contributed by atoms with van der Waals surface area (Å²) in [7, 11) is 4.35. The van der Waals surface area contributed by atoms with Gasteiger partial charge in [-0.2, -0.15) is 0 Å². The average molecular weight is 341 g/mol. The molecule has 1 heterocycles. The molecule has 4 nitrogen and oxygen atoms in total. The molecule has 0 bridgehead atoms. The molecule has 1 saturated carbocycles. The molecule has 20 heavy (non-hydrogen) atoms. The number of rotatable bonds is 5. The van der Waals surface area contributed by atoms with Crippen molar-refractivity contribution in [3.8, 4) is 0 Å². The highest BCUT2D eigenvalue weighted by Crippen LogP contribution is 2.36. The van der Waals surface area contributed by atoms with Crippen molar-refractivity contribution in [2.75, 3.05) is 14.1 Å². The van der Waals surface area contributed by atoms with Gasteiger partial charge in [0, 0.05) is 28.4 Å². The number of pyridine rings is 1. The zero-order chi connectivity index (χ0) is 14.6. The molecule has 0 saturated heterocycles. The summed E-state index contributed by atoms with van der Waals surface area (Å²) in [5.41, 5.74) is 4.44. The second-order valence-corrected chi connectivity index (χ2v) is 6.91. The Kier molecular flexibility index (Phi) is 5.55. The van der Waals surface area contributed by atoms with E-state index in [2.05, 4.69) is 51.4 Å². The fourth-order valence-electron chi connectivity index (χ4n) is 3.48. The Hall–Kier alpha value is -0.490. The number of nitrogens with zero attached hydrogens (tertiary/aromatic N) is 2. The van der Waals surface area contributed by atoms with Gasteiger partial charge in [0.15, 0.2) is 0 Å². The Labute approximate surface area is 130 Å². The van der Waals surface area contributed by atoms with Gasteiger partial charge in [0.2, 0.25) is 0 Å². The van der Waals surface area contributed by atoms with E-state index in [9.17, 15) is 0 Å². The quantitative estimate of drug-likeness (QED) is 0.638. The second-order valence-electron chi connectivity index (χ2n) is 5.99. The van der Waals surface area contributed by atoms with Crippen LogP contribution in [0.5, 0.6) is 0 Å². The second kappa shape index (κ2) is 6.98. The molecule has 2 rings (SSSR count). The molecule has 1 aromatic rings. The van der Waals surface area contributed by atoms with Crippen LogP contribution in [0.4, 0.5) is 0 Å². The van der Waals surface area contributed by atoms with E-state index in [-0.39, 0.29) is 11.6 Å². The van der Waals surface area contributed by atoms with Crippen molar-refractivity contribution in [2.45, 2.75) is 50.1 Å². The Morgan fingerprint density at radius 1 is 1.35 bits per heavy atom. The number of hydrazine groups is 1. The molecular weight excluding hydrogens is 316 g/mol. The first kappa shape index (κ1) is 15.9. The molecule has 0 spiro atoms. The van der Waals surface area contributed by atoms with Crippen LogP contribution in [0.15, 0.2) is 22.9 Å². The van der Waals surface area contributed by atoms with Crippen LogP contribution in [0.2, 0.25) is 0 Å². The van der Waals surface area contributed by atoms with E-state index in [0.717, 1.165) is 10.9 Å². The summed E-state index contributed by atoms with van der Waals surface area (Å²) < 4.78 is 1.02. The molecule has 0 aromatic carbocycles. The first-order chi connectivity index (χ1) is 9.58. The number of nitrogens with two attached hydrogens (primary N) is 1. The van der Waals surface area contributed by atoms with Crippen LogP contribution >= 0.6 is 15.9 Å². The van der Waals surface area contributed by atoms with Crippen LogP contribution in [0.3, 0.4) is 0 Å². The molecule has 1 atom stereocenters. The molecule has 1 aliphatic rings. The summed E-state index contributed by atoms with van der Waals surface area (Å²) in [4.78, 5) is 6.62. The monoisotopic (exact) mass is 340 g/mol. The Morgan fingerprint density at radius 2 is 2.05 bits per heavy atom. The molecule has 1 fully saturated rings. The van der Waals surface area contributed by atoms with Gasteiger partial charge in [0.1, 0.15) is 0 Å². The SMILES string of the molecule is CN(C)C1(C(Cc2cncc(Br)c2)NN)CCCCC1. The lowest BCUT2D eigenvalue weighted by Gasteiger charge is -2.48. The maximum absolute atomic E-state index is 5.90. The van der Waals surface area contributed by atoms with E-state index in [1.54, 1.807) is 0 Å². The van der Waals surface area contributed by atoms with Crippen molar-refractivity contribution in [2.24, 2.45) is 5.84 Å². The summed E-state index contributed by atoms with van der Waals surface area (Å²) in [6.45, 7) is 0. The molecule has 5 heteroatoms. The number of halogens is 1. The van der Waals surface area contributed by atoms with Gasteiger partial charge >= 0.3 is 0 Å². The topological polar surface area (TPSA) is 54.2 Å². The van der Waals surface area contributed by atoms with Crippen molar-refractivity contribution in [1.29, 1.82) is 0 Å². The fourth-order valence-corrected chi connectivity index (χ4v) is 3.89. The minimum Gasteiger partial charge on any atom is -0.302 e. The van der Waals surface area contributed by atoms with Crippen molar-refractivity contribution in [3.63, 3.8) is 0 Å². The zero-order valence-corrected chi connectivity index (χ0v) is 14.0. The van der Waals surface area contributed by atoms with Gasteiger partial charge in [-0.05, 0) is 60.9 Å². The third-order valence-corrected chi connectivity index (χ3v) is 5.09. The molecule has 3 N–H and O–H groups in total. The number of aromatic nitrogens is 1. The molecule has 1 aliphatic carbocycles. The Morgan fingerprint density at radius 3 is 2.60 bits per heavy atom. The van der Waals surface area contributed by atoms with Gasteiger partial charge in [-0.15, -0.1) is 0 Å². The number of nitrogens with one attached hydrogen (secondary N) is 1. The van der Waals surface area contributed by atoms with Crippen LogP contribution in [0.25, 0.3) is 0 Å². The normalized spacial score (nSPS) is 20.1. The summed E-state index contributed by atoms with van der Waals surface area (Å²) in [5, 5.41) is 0. The third-order valence-electron chi connectivity index (χ3n) is 4.66. The predicted molar refractivity (Wildman–Crippen MR) is 86.3 cm³/mol. The van der Waals surface area contributed by atoms with E-state index in [4.69, 9.17) is 5.84 Å². The molecule has 1 aromatic heterocycles. The standard InChI is InChI=1S/C15H25BrN4/c1-20(2)15(6-4-3-5-7-15)14(19-17)9-12-8-13(16)11-18-10-12/h8,10-11,14,19H,3-7,9,17H2,1-2H3. The zero-order valence-electron chi connectivity index (χ0n) is 12.4. The van der Waals surface area contributed by atoms with E-state index < -0.39 is 0 Å².